The fraction of sp³-hybridized carbons (Fsp3) is 0.615. The third-order valence-electron chi connectivity index (χ3n) is 3.89. The van der Waals surface area contributed by atoms with E-state index in [0.29, 0.717) is 24.2 Å². The average molecular weight is 277 g/mol. The molecule has 2 N–H and O–H groups in total. The predicted molar refractivity (Wildman–Crippen MR) is 73.7 cm³/mol. The number of amidine groups is 1. The van der Waals surface area contributed by atoms with Gasteiger partial charge in [-0.1, -0.05) is 0 Å². The first-order valence-corrected chi connectivity index (χ1v) is 6.75. The van der Waals surface area contributed by atoms with Gasteiger partial charge in [0.1, 0.15) is 11.9 Å². The fourth-order valence-corrected chi connectivity index (χ4v) is 2.78. The van der Waals surface area contributed by atoms with Gasteiger partial charge in [-0.2, -0.15) is 10.1 Å². The molecule has 20 heavy (non-hydrogen) atoms. The van der Waals surface area contributed by atoms with Gasteiger partial charge in [0.25, 0.3) is 0 Å². The highest BCUT2D eigenvalue weighted by Crippen LogP contribution is 2.39. The highest BCUT2D eigenvalue weighted by molar-refractivity contribution is 6.03. The number of rotatable bonds is 4. The first kappa shape index (κ1) is 13.0. The molecule has 1 aromatic heterocycles. The van der Waals surface area contributed by atoms with Crippen molar-refractivity contribution in [2.75, 3.05) is 13.7 Å². The van der Waals surface area contributed by atoms with Crippen LogP contribution in [0.4, 0.5) is 4.79 Å². The Bertz CT molecular complexity index is 588. The van der Waals surface area contributed by atoms with Gasteiger partial charge < -0.3 is 15.4 Å². The zero-order valence-corrected chi connectivity index (χ0v) is 12.0. The van der Waals surface area contributed by atoms with Crippen LogP contribution in [0.2, 0.25) is 0 Å². The van der Waals surface area contributed by atoms with E-state index in [1.807, 2.05) is 14.0 Å². The maximum absolute atomic E-state index is 12.0. The van der Waals surface area contributed by atoms with Gasteiger partial charge in [0.15, 0.2) is 0 Å². The van der Waals surface area contributed by atoms with E-state index in [0.717, 1.165) is 11.3 Å². The molecule has 0 saturated heterocycles. The van der Waals surface area contributed by atoms with Crippen LogP contribution in [0, 0.1) is 12.8 Å². The number of carbonyl (C=O) groups excluding carboxylic acids is 1. The topological polar surface area (TPSA) is 85.7 Å². The van der Waals surface area contributed by atoms with Crippen molar-refractivity contribution in [3.8, 4) is 5.88 Å². The Hall–Kier alpha value is -2.05. The molecule has 1 unspecified atom stereocenters. The zero-order chi connectivity index (χ0) is 14.4. The summed E-state index contributed by atoms with van der Waals surface area (Å²) < 4.78 is 7.08. The fourth-order valence-electron chi connectivity index (χ4n) is 2.78. The number of aliphatic imine (C=N–C) groups is 1. The summed E-state index contributed by atoms with van der Waals surface area (Å²) in [6, 6.07) is -0.614. The lowest BCUT2D eigenvalue weighted by Crippen LogP contribution is -2.35. The highest BCUT2D eigenvalue weighted by atomic mass is 16.5. The third-order valence-corrected chi connectivity index (χ3v) is 3.89. The molecule has 1 saturated carbocycles. The van der Waals surface area contributed by atoms with Crippen LogP contribution in [0.3, 0.4) is 0 Å². The number of aromatic nitrogens is 2. The first-order valence-electron chi connectivity index (χ1n) is 6.75. The molecule has 7 heteroatoms. The monoisotopic (exact) mass is 277 g/mol. The number of ether oxygens (including phenoxy) is 1. The summed E-state index contributed by atoms with van der Waals surface area (Å²) >= 11 is 0. The second-order valence-electron chi connectivity index (χ2n) is 5.45. The molecule has 0 aromatic carbocycles. The number of nitrogens with two attached hydrogens (primary N) is 1. The Balaban J connectivity index is 2.01. The molecule has 2 aliphatic rings. The summed E-state index contributed by atoms with van der Waals surface area (Å²) in [5.74, 6) is 1.52. The summed E-state index contributed by atoms with van der Waals surface area (Å²) in [6.45, 7) is 2.59. The lowest BCUT2D eigenvalue weighted by Gasteiger charge is -2.24. The number of aryl methyl sites for hydroxylation is 2. The van der Waals surface area contributed by atoms with Crippen molar-refractivity contribution in [2.45, 2.75) is 25.8 Å². The number of nitrogens with zero attached hydrogens (tertiary/aromatic N) is 4. The van der Waals surface area contributed by atoms with E-state index in [9.17, 15) is 4.79 Å². The van der Waals surface area contributed by atoms with E-state index >= 15 is 0 Å². The molecular formula is C13H19N5O2. The second-order valence-corrected chi connectivity index (χ2v) is 5.45. The maximum atomic E-state index is 12.0. The lowest BCUT2D eigenvalue weighted by atomic mass is 10.1. The van der Waals surface area contributed by atoms with E-state index in [1.54, 1.807) is 16.7 Å². The van der Waals surface area contributed by atoms with Gasteiger partial charge in [0, 0.05) is 13.6 Å². The Morgan fingerprint density at radius 2 is 2.15 bits per heavy atom. The molecule has 2 amide bonds. The van der Waals surface area contributed by atoms with Crippen LogP contribution in [0.1, 0.15) is 30.1 Å². The SMILES string of the molecule is COc1c(C2C(N)=NC(=O)N2CC2CC2)c(C)nn1C. The van der Waals surface area contributed by atoms with E-state index in [-0.39, 0.29) is 12.1 Å². The number of methoxy groups -OCH3 is 1. The molecule has 1 aliphatic carbocycles. The lowest BCUT2D eigenvalue weighted by molar-refractivity contribution is 0.202. The summed E-state index contributed by atoms with van der Waals surface area (Å²) in [5, 5.41) is 4.36. The third kappa shape index (κ3) is 1.93. The van der Waals surface area contributed by atoms with Crippen molar-refractivity contribution in [3.05, 3.63) is 11.3 Å². The minimum absolute atomic E-state index is 0.260. The summed E-state index contributed by atoms with van der Waals surface area (Å²) in [7, 11) is 3.40. The minimum Gasteiger partial charge on any atom is -0.481 e. The summed E-state index contributed by atoms with van der Waals surface area (Å²) in [4.78, 5) is 17.7. The second kappa shape index (κ2) is 4.50. The highest BCUT2D eigenvalue weighted by Gasteiger charge is 2.41. The van der Waals surface area contributed by atoms with Crippen LogP contribution in [-0.4, -0.2) is 40.2 Å². The number of hydrogen-bond donors (Lipinski definition) is 1. The van der Waals surface area contributed by atoms with Gasteiger partial charge in [-0.25, -0.2) is 9.48 Å². The quantitative estimate of drug-likeness (QED) is 0.889. The van der Waals surface area contributed by atoms with E-state index in [4.69, 9.17) is 10.5 Å². The van der Waals surface area contributed by atoms with Crippen molar-refractivity contribution in [3.63, 3.8) is 0 Å². The van der Waals surface area contributed by atoms with Gasteiger partial charge in [-0.3, -0.25) is 0 Å². The number of urea groups is 1. The Morgan fingerprint density at radius 1 is 1.45 bits per heavy atom. The van der Waals surface area contributed by atoms with Crippen LogP contribution < -0.4 is 10.5 Å². The largest absolute Gasteiger partial charge is 0.481 e. The molecule has 1 atom stereocenters. The van der Waals surface area contributed by atoms with Gasteiger partial charge >= 0.3 is 6.03 Å². The Labute approximate surface area is 117 Å². The van der Waals surface area contributed by atoms with E-state index in [2.05, 4.69) is 10.1 Å². The molecule has 2 heterocycles. The van der Waals surface area contributed by atoms with Gasteiger partial charge in [0.05, 0.1) is 18.4 Å². The summed E-state index contributed by atoms with van der Waals surface area (Å²) in [6.07, 6.45) is 2.33. The predicted octanol–water partition coefficient (Wildman–Crippen LogP) is 0.981. The number of carbonyl (C=O) groups is 1. The van der Waals surface area contributed by atoms with Crippen molar-refractivity contribution >= 4 is 11.9 Å². The molecule has 0 bridgehead atoms. The van der Waals surface area contributed by atoms with Crippen molar-refractivity contribution < 1.29 is 9.53 Å². The van der Waals surface area contributed by atoms with Gasteiger partial charge in [-0.15, -0.1) is 0 Å². The Morgan fingerprint density at radius 3 is 2.75 bits per heavy atom. The molecular weight excluding hydrogens is 258 g/mol. The van der Waals surface area contributed by atoms with Gasteiger partial charge in [-0.05, 0) is 25.7 Å². The summed E-state index contributed by atoms with van der Waals surface area (Å²) in [5.41, 5.74) is 7.63. The van der Waals surface area contributed by atoms with Crippen LogP contribution in [-0.2, 0) is 7.05 Å². The van der Waals surface area contributed by atoms with E-state index < -0.39 is 0 Å². The molecule has 0 radical (unpaired) electrons. The van der Waals surface area contributed by atoms with Crippen LogP contribution in [0.5, 0.6) is 5.88 Å². The zero-order valence-electron chi connectivity index (χ0n) is 12.0. The average Bonchev–Trinajstić information content (AvgIpc) is 3.09. The molecule has 0 spiro atoms. The Kier molecular flexibility index (Phi) is 2.92. The normalized spacial score (nSPS) is 22.4. The van der Waals surface area contributed by atoms with E-state index in [1.165, 1.54) is 12.8 Å². The standard InChI is InChI=1S/C13H19N5O2/c1-7-9(12(20-3)17(2)16-7)10-11(14)15-13(19)18(10)6-8-4-5-8/h8,10H,4-6H2,1-3H3,(H2,14,15,19). The molecule has 3 rings (SSSR count). The minimum atomic E-state index is -0.355. The molecule has 1 aliphatic heterocycles. The molecule has 7 nitrogen and oxygen atoms in total. The number of hydrogen-bond acceptors (Lipinski definition) is 4. The number of amides is 2. The first-order chi connectivity index (χ1) is 9.52. The molecule has 1 fully saturated rings. The van der Waals surface area contributed by atoms with Crippen LogP contribution >= 0.6 is 0 Å². The van der Waals surface area contributed by atoms with Crippen molar-refractivity contribution in [1.29, 1.82) is 0 Å². The van der Waals surface area contributed by atoms with Crippen LogP contribution in [0.15, 0.2) is 4.99 Å². The smallest absolute Gasteiger partial charge is 0.346 e. The molecule has 1 aromatic rings. The van der Waals surface area contributed by atoms with Gasteiger partial charge in [0.2, 0.25) is 5.88 Å². The van der Waals surface area contributed by atoms with Crippen molar-refractivity contribution in [1.82, 2.24) is 14.7 Å². The van der Waals surface area contributed by atoms with Crippen molar-refractivity contribution in [2.24, 2.45) is 23.7 Å². The van der Waals surface area contributed by atoms with Crippen LogP contribution in [0.25, 0.3) is 0 Å². The maximum Gasteiger partial charge on any atom is 0.346 e. The molecule has 108 valence electrons.